The zero-order valence-corrected chi connectivity index (χ0v) is 11.4. The molecule has 0 bridgehead atoms. The number of phenols is 1. The summed E-state index contributed by atoms with van der Waals surface area (Å²) in [6.45, 7) is 0. The molecule has 0 atom stereocenters. The molecule has 1 N–H and O–H groups in total. The fourth-order valence-corrected chi connectivity index (χ4v) is 2.65. The number of carbonyl (C=O) groups is 1. The van der Waals surface area contributed by atoms with Gasteiger partial charge in [-0.05, 0) is 25.0 Å². The SMILES string of the molecule is CN(C(=O)c1ccc([N+](=O)[O-])c(O)c1)C1CCCCC1. The first-order valence-electron chi connectivity index (χ1n) is 6.75. The quantitative estimate of drug-likeness (QED) is 0.680. The molecule has 1 aromatic carbocycles. The Hall–Kier alpha value is -2.11. The molecule has 1 saturated carbocycles. The van der Waals surface area contributed by atoms with Gasteiger partial charge in [0.2, 0.25) is 0 Å². The standard InChI is InChI=1S/C14H18N2O4/c1-15(11-5-3-2-4-6-11)14(18)10-7-8-12(16(19)20)13(17)9-10/h7-9,11,17H,2-6H2,1H3. The number of benzene rings is 1. The summed E-state index contributed by atoms with van der Waals surface area (Å²) >= 11 is 0. The number of hydrogen-bond acceptors (Lipinski definition) is 4. The highest BCUT2D eigenvalue weighted by Gasteiger charge is 2.24. The Morgan fingerprint density at radius 1 is 1.35 bits per heavy atom. The van der Waals surface area contributed by atoms with E-state index in [0.717, 1.165) is 31.7 Å². The summed E-state index contributed by atoms with van der Waals surface area (Å²) < 4.78 is 0. The van der Waals surface area contributed by atoms with E-state index >= 15 is 0 Å². The van der Waals surface area contributed by atoms with Gasteiger partial charge in [-0.1, -0.05) is 19.3 Å². The van der Waals surface area contributed by atoms with Crippen molar-refractivity contribution >= 4 is 11.6 Å². The van der Waals surface area contributed by atoms with Crippen molar-refractivity contribution in [1.82, 2.24) is 4.90 Å². The van der Waals surface area contributed by atoms with Crippen LogP contribution >= 0.6 is 0 Å². The number of nitro groups is 1. The van der Waals surface area contributed by atoms with Gasteiger partial charge in [0.25, 0.3) is 5.91 Å². The third-order valence-corrected chi connectivity index (χ3v) is 3.86. The first kappa shape index (κ1) is 14.3. The van der Waals surface area contributed by atoms with Crippen molar-refractivity contribution in [2.24, 2.45) is 0 Å². The molecule has 0 saturated heterocycles. The number of carbonyl (C=O) groups excluding carboxylic acids is 1. The zero-order valence-electron chi connectivity index (χ0n) is 11.4. The smallest absolute Gasteiger partial charge is 0.310 e. The van der Waals surface area contributed by atoms with Crippen LogP contribution in [0.1, 0.15) is 42.5 Å². The lowest BCUT2D eigenvalue weighted by Crippen LogP contribution is -2.38. The van der Waals surface area contributed by atoms with Crippen molar-refractivity contribution in [3.63, 3.8) is 0 Å². The van der Waals surface area contributed by atoms with Crippen LogP contribution in [0.5, 0.6) is 5.75 Å². The number of phenolic OH excluding ortho intramolecular Hbond substituents is 1. The Morgan fingerprint density at radius 2 is 2.00 bits per heavy atom. The van der Waals surface area contributed by atoms with Gasteiger partial charge in [-0.25, -0.2) is 0 Å². The summed E-state index contributed by atoms with van der Waals surface area (Å²) in [4.78, 5) is 24.0. The van der Waals surface area contributed by atoms with Gasteiger partial charge in [-0.2, -0.15) is 0 Å². The third kappa shape index (κ3) is 2.89. The van der Waals surface area contributed by atoms with E-state index in [1.54, 1.807) is 11.9 Å². The van der Waals surface area contributed by atoms with Gasteiger partial charge in [0.1, 0.15) is 0 Å². The molecule has 0 aromatic heterocycles. The van der Waals surface area contributed by atoms with Gasteiger partial charge in [0.05, 0.1) is 4.92 Å². The topological polar surface area (TPSA) is 83.7 Å². The number of amides is 1. The lowest BCUT2D eigenvalue weighted by atomic mass is 9.94. The van der Waals surface area contributed by atoms with Gasteiger partial charge in [-0.15, -0.1) is 0 Å². The molecule has 108 valence electrons. The predicted octanol–water partition coefficient (Wildman–Crippen LogP) is 2.71. The van der Waals surface area contributed by atoms with E-state index in [1.807, 2.05) is 0 Å². The predicted molar refractivity (Wildman–Crippen MR) is 73.7 cm³/mol. The Morgan fingerprint density at radius 3 is 2.55 bits per heavy atom. The molecule has 0 heterocycles. The van der Waals surface area contributed by atoms with Crippen LogP contribution in [-0.2, 0) is 0 Å². The van der Waals surface area contributed by atoms with Gasteiger partial charge < -0.3 is 10.0 Å². The normalized spacial score (nSPS) is 15.8. The molecule has 6 heteroatoms. The average Bonchev–Trinajstić information content (AvgIpc) is 2.46. The maximum atomic E-state index is 12.3. The minimum atomic E-state index is -0.672. The van der Waals surface area contributed by atoms with Crippen LogP contribution in [-0.4, -0.2) is 33.9 Å². The number of nitro benzene ring substituents is 1. The van der Waals surface area contributed by atoms with Crippen LogP contribution in [0.25, 0.3) is 0 Å². The first-order valence-corrected chi connectivity index (χ1v) is 6.75. The molecule has 0 spiro atoms. The second kappa shape index (κ2) is 5.90. The van der Waals surface area contributed by atoms with E-state index in [1.165, 1.54) is 18.6 Å². The molecule has 1 amide bonds. The van der Waals surface area contributed by atoms with E-state index in [-0.39, 0.29) is 23.2 Å². The minimum Gasteiger partial charge on any atom is -0.502 e. The van der Waals surface area contributed by atoms with Crippen LogP contribution in [0.3, 0.4) is 0 Å². The van der Waals surface area contributed by atoms with Crippen molar-refractivity contribution < 1.29 is 14.8 Å². The monoisotopic (exact) mass is 278 g/mol. The molecule has 0 radical (unpaired) electrons. The summed E-state index contributed by atoms with van der Waals surface area (Å²) in [5.41, 5.74) is -0.108. The fourth-order valence-electron chi connectivity index (χ4n) is 2.65. The van der Waals surface area contributed by atoms with Crippen LogP contribution in [0, 0.1) is 10.1 Å². The summed E-state index contributed by atoms with van der Waals surface area (Å²) in [6.07, 6.45) is 5.42. The van der Waals surface area contributed by atoms with Crippen molar-refractivity contribution in [3.8, 4) is 5.75 Å². The van der Waals surface area contributed by atoms with Crippen molar-refractivity contribution in [2.75, 3.05) is 7.05 Å². The van der Waals surface area contributed by atoms with Gasteiger partial charge >= 0.3 is 5.69 Å². The second-order valence-electron chi connectivity index (χ2n) is 5.17. The average molecular weight is 278 g/mol. The lowest BCUT2D eigenvalue weighted by molar-refractivity contribution is -0.385. The van der Waals surface area contributed by atoms with E-state index < -0.39 is 10.7 Å². The Balaban J connectivity index is 2.16. The Kier molecular flexibility index (Phi) is 4.22. The van der Waals surface area contributed by atoms with Crippen LogP contribution < -0.4 is 0 Å². The van der Waals surface area contributed by atoms with Crippen molar-refractivity contribution in [3.05, 3.63) is 33.9 Å². The molecule has 1 fully saturated rings. The van der Waals surface area contributed by atoms with Crippen LogP contribution in [0.4, 0.5) is 5.69 Å². The second-order valence-corrected chi connectivity index (χ2v) is 5.17. The molecule has 0 aliphatic heterocycles. The van der Waals surface area contributed by atoms with Crippen LogP contribution in [0.2, 0.25) is 0 Å². The highest BCUT2D eigenvalue weighted by Crippen LogP contribution is 2.28. The molecule has 20 heavy (non-hydrogen) atoms. The number of nitrogens with zero attached hydrogens (tertiary/aromatic N) is 2. The summed E-state index contributed by atoms with van der Waals surface area (Å²) in [7, 11) is 1.75. The zero-order chi connectivity index (χ0) is 14.7. The largest absolute Gasteiger partial charge is 0.502 e. The van der Waals surface area contributed by atoms with E-state index in [4.69, 9.17) is 0 Å². The van der Waals surface area contributed by atoms with Crippen molar-refractivity contribution in [1.29, 1.82) is 0 Å². The number of rotatable bonds is 3. The lowest BCUT2D eigenvalue weighted by Gasteiger charge is -2.31. The molecule has 2 rings (SSSR count). The first-order chi connectivity index (χ1) is 9.50. The highest BCUT2D eigenvalue weighted by molar-refractivity contribution is 5.95. The molecule has 0 unspecified atom stereocenters. The highest BCUT2D eigenvalue weighted by atomic mass is 16.6. The fraction of sp³-hybridized carbons (Fsp3) is 0.500. The van der Waals surface area contributed by atoms with E-state index in [9.17, 15) is 20.0 Å². The molecule has 1 aliphatic rings. The van der Waals surface area contributed by atoms with Crippen molar-refractivity contribution in [2.45, 2.75) is 38.1 Å². The third-order valence-electron chi connectivity index (χ3n) is 3.86. The molecule has 1 aromatic rings. The molecule has 1 aliphatic carbocycles. The summed E-state index contributed by atoms with van der Waals surface area (Å²) in [5, 5.41) is 20.2. The number of aromatic hydroxyl groups is 1. The van der Waals surface area contributed by atoms with Crippen LogP contribution in [0.15, 0.2) is 18.2 Å². The van der Waals surface area contributed by atoms with E-state index in [0.29, 0.717) is 0 Å². The number of hydrogen-bond donors (Lipinski definition) is 1. The molecule has 6 nitrogen and oxygen atoms in total. The molecular formula is C14H18N2O4. The van der Waals surface area contributed by atoms with Gasteiger partial charge in [0.15, 0.2) is 5.75 Å². The summed E-state index contributed by atoms with van der Waals surface area (Å²) in [6, 6.07) is 3.94. The minimum absolute atomic E-state index is 0.206. The van der Waals surface area contributed by atoms with Gasteiger partial charge in [-0.3, -0.25) is 14.9 Å². The van der Waals surface area contributed by atoms with E-state index in [2.05, 4.69) is 0 Å². The molecular weight excluding hydrogens is 260 g/mol. The maximum absolute atomic E-state index is 12.3. The Labute approximate surface area is 117 Å². The Bertz CT molecular complexity index is 524. The maximum Gasteiger partial charge on any atom is 0.310 e. The summed E-state index contributed by atoms with van der Waals surface area (Å²) in [5.74, 6) is -0.681. The van der Waals surface area contributed by atoms with Gasteiger partial charge in [0, 0.05) is 24.7 Å².